The Kier molecular flexibility index (Phi) is 42.8. The van der Waals surface area contributed by atoms with Crippen LogP contribution in [0.2, 0.25) is 5.02 Å². The molecule has 110 heavy (non-hydrogen) atoms. The maximum absolute atomic E-state index is 13.4. The fourth-order valence-electron chi connectivity index (χ4n) is 8.90. The average molecular weight is 1620 g/mol. The number of nitrogens with zero attached hydrogens (tertiary/aromatic N) is 7. The van der Waals surface area contributed by atoms with E-state index in [1.54, 1.807) is 111 Å². The van der Waals surface area contributed by atoms with E-state index >= 15 is 0 Å². The summed E-state index contributed by atoms with van der Waals surface area (Å²) >= 11 is 11.6. The van der Waals surface area contributed by atoms with Gasteiger partial charge in [0.2, 0.25) is 0 Å². The van der Waals surface area contributed by atoms with Crippen LogP contribution in [0.15, 0.2) is 182 Å². The molecule has 4 aromatic carbocycles. The Morgan fingerprint density at radius 1 is 0.609 bits per heavy atom. The van der Waals surface area contributed by atoms with Crippen LogP contribution in [-0.2, 0) is 27.4 Å². The summed E-state index contributed by atoms with van der Waals surface area (Å²) in [4.78, 5) is 69.7. The first-order valence-electron chi connectivity index (χ1n) is 32.6. The van der Waals surface area contributed by atoms with E-state index in [-0.39, 0.29) is 69.5 Å². The van der Waals surface area contributed by atoms with Gasteiger partial charge in [-0.15, -0.1) is 5.60 Å². The molecule has 5 aromatic heterocycles. The van der Waals surface area contributed by atoms with Crippen LogP contribution in [-0.4, -0.2) is 158 Å². The van der Waals surface area contributed by atoms with Crippen molar-refractivity contribution in [1.82, 2.24) is 35.1 Å². The Morgan fingerprint density at radius 2 is 1.05 bits per heavy atom. The summed E-state index contributed by atoms with van der Waals surface area (Å²) in [5.74, 6) is 1.21. The van der Waals surface area contributed by atoms with Crippen molar-refractivity contribution in [2.45, 2.75) is 73.6 Å². The number of halogens is 8. The number of ketones is 1. The fraction of sp³-hybridized carbons (Fsp3) is 0.273. The number of methoxy groups -OCH3 is 6. The van der Waals surface area contributed by atoms with Crippen molar-refractivity contribution in [1.29, 1.82) is 0 Å². The number of Topliss-reactive ketones (excluding diaryl/α,β-unsaturated/α-hetero) is 1. The van der Waals surface area contributed by atoms with Crippen molar-refractivity contribution < 1.29 is 144 Å². The first-order chi connectivity index (χ1) is 50.8. The van der Waals surface area contributed by atoms with E-state index in [0.29, 0.717) is 63.2 Å². The van der Waals surface area contributed by atoms with Crippen LogP contribution in [0, 0.1) is 27.7 Å². The molecule has 0 aliphatic carbocycles. The van der Waals surface area contributed by atoms with Gasteiger partial charge >= 0.3 is 103 Å². The summed E-state index contributed by atoms with van der Waals surface area (Å²) in [5, 5.41) is 31.9. The Hall–Kier alpha value is -8.75. The molecule has 0 fully saturated rings. The van der Waals surface area contributed by atoms with Crippen molar-refractivity contribution in [3.8, 4) is 56.6 Å². The molecule has 0 spiro atoms. The Morgan fingerprint density at radius 3 is 1.46 bits per heavy atom. The zero-order valence-corrected chi connectivity index (χ0v) is 70.1. The van der Waals surface area contributed by atoms with E-state index in [4.69, 9.17) is 62.7 Å². The zero-order chi connectivity index (χ0) is 82.5. The van der Waals surface area contributed by atoms with E-state index in [0.717, 1.165) is 72.2 Å². The average Bonchev–Trinajstić information content (AvgIpc) is 0.819. The normalized spacial score (nSPS) is 11.0. The van der Waals surface area contributed by atoms with E-state index in [9.17, 15) is 49.5 Å². The van der Waals surface area contributed by atoms with Crippen molar-refractivity contribution in [3.05, 3.63) is 237 Å². The van der Waals surface area contributed by atoms with Crippen LogP contribution in [0.1, 0.15) is 91.6 Å². The molecule has 588 valence electrons. The predicted molar refractivity (Wildman–Crippen MR) is 414 cm³/mol. The second kappa shape index (κ2) is 47.5. The second-order valence-electron chi connectivity index (χ2n) is 24.6. The van der Waals surface area contributed by atoms with Gasteiger partial charge in [-0.05, 0) is 123 Å². The van der Waals surface area contributed by atoms with Crippen LogP contribution in [0.3, 0.4) is 0 Å². The molecule has 0 radical (unpaired) electrons. The molecule has 9 rings (SSSR count). The van der Waals surface area contributed by atoms with Gasteiger partial charge in [0.15, 0.2) is 35.0 Å². The first kappa shape index (κ1) is 99.3. The molecule has 0 aliphatic heterocycles. The SMILES string of the molecule is CC(C)(C)[O-].CN(C)/C=C(\Cl)C=[N+](C)C.COC(=O)CC(=O)c1cccnc1.COC(=O)c1cc(Cl)cnc1-c1cccnc1.COc1ccc(CN)cc1OC.COc1ccc(CNC(=O)c2cc(-c3cc(C)cc(C)c3)cnc2-c2cccnc2)cc1OC.Cc1cc(C)cc(B(O)O)c1.F[P-](F)(F)(F)(F)F.[K+]. The van der Waals surface area contributed by atoms with Gasteiger partial charge in [0.25, 0.3) is 5.91 Å². The number of hydrogen-bond acceptors (Lipinski definition) is 20. The number of nitrogens with one attached hydrogen (secondary N) is 1. The summed E-state index contributed by atoms with van der Waals surface area (Å²) < 4.78 is 91.0. The quantitative estimate of drug-likeness (QED) is 0.00907. The molecule has 5 heterocycles. The third-order valence-corrected chi connectivity index (χ3v) is 13.6. The number of carbonyl (C=O) groups excluding carboxylic acids is 4. The summed E-state index contributed by atoms with van der Waals surface area (Å²) in [6, 6.07) is 37.0. The molecule has 33 heteroatoms. The van der Waals surface area contributed by atoms with Gasteiger partial charge in [-0.25, -0.2) is 9.37 Å². The number of allylic oxidation sites excluding steroid dienone is 1. The van der Waals surface area contributed by atoms with Crippen LogP contribution in [0.25, 0.3) is 33.6 Å². The van der Waals surface area contributed by atoms with Crippen molar-refractivity contribution in [2.75, 3.05) is 70.8 Å². The molecule has 0 aliphatic rings. The van der Waals surface area contributed by atoms with Gasteiger partial charge < -0.3 is 59.5 Å². The summed E-state index contributed by atoms with van der Waals surface area (Å²) in [5.41, 5.74) is 17.4. The number of amides is 1. The molecule has 0 bridgehead atoms. The monoisotopic (exact) mass is 1620 g/mol. The summed E-state index contributed by atoms with van der Waals surface area (Å²) in [6.45, 7) is 13.7. The van der Waals surface area contributed by atoms with E-state index in [1.807, 2.05) is 137 Å². The maximum Gasteiger partial charge on any atom is 1.00 e. The third-order valence-electron chi connectivity index (χ3n) is 13.2. The fourth-order valence-corrected chi connectivity index (χ4v) is 9.45. The van der Waals surface area contributed by atoms with Gasteiger partial charge in [-0.2, -0.15) is 0 Å². The summed E-state index contributed by atoms with van der Waals surface area (Å²) in [7, 11) is 4.70. The second-order valence-corrected chi connectivity index (χ2v) is 27.4. The number of aromatic nitrogens is 5. The molecule has 0 saturated carbocycles. The number of nitrogens with two attached hydrogens (primary N) is 1. The van der Waals surface area contributed by atoms with Gasteiger partial charge in [0.05, 0.1) is 70.2 Å². The number of aryl methyl sites for hydroxylation is 4. The number of esters is 2. The van der Waals surface area contributed by atoms with Crippen LogP contribution < -0.4 is 92.0 Å². The predicted octanol–water partition coefficient (Wildman–Crippen LogP) is 11.4. The van der Waals surface area contributed by atoms with Crippen LogP contribution >= 0.6 is 31.0 Å². The molecule has 0 unspecified atom stereocenters. The molecule has 0 saturated heterocycles. The Labute approximate surface area is 690 Å². The number of benzene rings is 4. The minimum Gasteiger partial charge on any atom is 1.00 e. The van der Waals surface area contributed by atoms with E-state index < -0.39 is 32.5 Å². The smallest absolute Gasteiger partial charge is 1.00 e. The minimum absolute atomic E-state index is 0. The number of carbonyl (C=O) groups is 4. The zero-order valence-electron chi connectivity index (χ0n) is 64.6. The Bertz CT molecular complexity index is 4410. The largest absolute Gasteiger partial charge is 1.00 e. The van der Waals surface area contributed by atoms with Crippen LogP contribution in [0.5, 0.6) is 23.0 Å². The topological polar surface area (TPSA) is 296 Å². The number of pyridine rings is 5. The van der Waals surface area contributed by atoms with E-state index in [2.05, 4.69) is 67.0 Å². The number of ether oxygens (including phenoxy) is 6. The third kappa shape index (κ3) is 42.4. The van der Waals surface area contributed by atoms with Gasteiger partial charge in [-0.3, -0.25) is 39.3 Å². The van der Waals surface area contributed by atoms with Gasteiger partial charge in [-0.1, -0.05) is 115 Å². The maximum atomic E-state index is 13.4. The van der Waals surface area contributed by atoms with Crippen molar-refractivity contribution in [3.63, 3.8) is 0 Å². The van der Waals surface area contributed by atoms with Gasteiger partial charge in [0, 0.05) is 105 Å². The first-order valence-corrected chi connectivity index (χ1v) is 35.4. The molecule has 1 amide bonds. The van der Waals surface area contributed by atoms with E-state index in [1.165, 1.54) is 32.7 Å². The molecule has 22 nitrogen and oxygen atoms in total. The van der Waals surface area contributed by atoms with Crippen molar-refractivity contribution >= 4 is 73.4 Å². The number of rotatable bonds is 18. The summed E-state index contributed by atoms with van der Waals surface area (Å²) in [6.07, 6.45) is 16.4. The minimum atomic E-state index is -10.7. The van der Waals surface area contributed by atoms with Crippen LogP contribution in [0.4, 0.5) is 25.2 Å². The standard InChI is InChI=1S/C28H27N3O3.C12H9ClN2O2.C9H9NO3.C9H13NO2.C8H11BO2.C7H14ClN2.C4H9O.F6P.K/c1-18-10-19(2)12-22(11-18)23-14-24(27(30-17-23)21-6-5-9-29-16-21)28(32)31-15-20-7-8-25(33-3)26(13-20)34-4;1-17-12(16)10-5-9(13)7-15-11(10)8-3-2-4-14-6-8;1-13-9(12)5-8(11)7-3-2-4-10-6-7;1-11-8-4-3-7(6-10)5-9(8)12-2;1-6-3-7(2)5-8(4-6)9(10)11;1-9(2)5-7(8)6-10(3)4;1-4(2,3)5;1-7(2,3,4,5)6;/h5-14,16-17H,15H2,1-4H3,(H,31,32);2-7H,1H3;2-4,6H,5H2,1H3;3-5H,6,10H2,1-2H3;3-5,10-11H,1-2H3;5-6H,1-4H3;1-3H3;;/q;;;;;+1;2*-1;+1. The molecular formula is C77H92BCl2F6KN9O13P. The van der Waals surface area contributed by atoms with Gasteiger partial charge in [0.1, 0.15) is 25.5 Å². The molecule has 5 N–H and O–H groups in total. The van der Waals surface area contributed by atoms with Crippen molar-refractivity contribution in [2.24, 2.45) is 5.73 Å². The number of hydrogen-bond donors (Lipinski definition) is 4. The molecule has 0 atom stereocenters. The molecule has 9 aromatic rings. The Balaban J connectivity index is 0.000000679. The molecular weight excluding hydrogens is 1520 g/mol.